The molecule has 0 aromatic heterocycles. The Balaban J connectivity index is 1.87. The highest BCUT2D eigenvalue weighted by Gasteiger charge is 2.13. The molecule has 0 aliphatic carbocycles. The van der Waals surface area contributed by atoms with Gasteiger partial charge in [-0.15, -0.1) is 0 Å². The third-order valence-electron chi connectivity index (χ3n) is 3.75. The van der Waals surface area contributed by atoms with Crippen LogP contribution in [0.2, 0.25) is 0 Å². The molecule has 0 heterocycles. The summed E-state index contributed by atoms with van der Waals surface area (Å²) in [7, 11) is 1.69. The quantitative estimate of drug-likeness (QED) is 0.728. The topological polar surface area (TPSA) is 41.9 Å². The van der Waals surface area contributed by atoms with Gasteiger partial charge in [0.05, 0.1) is 6.61 Å². The lowest BCUT2D eigenvalue weighted by Gasteiger charge is -2.25. The Morgan fingerprint density at radius 1 is 1.08 bits per heavy atom. The predicted octanol–water partition coefficient (Wildman–Crippen LogP) is 2.88. The molecule has 2 aromatic carbocycles. The third kappa shape index (κ3) is 6.71. The first-order valence-electron chi connectivity index (χ1n) is 8.30. The van der Waals surface area contributed by atoms with Crippen molar-refractivity contribution in [3.05, 3.63) is 65.7 Å². The summed E-state index contributed by atoms with van der Waals surface area (Å²) in [4.78, 5) is 2.19. The van der Waals surface area contributed by atoms with Crippen LogP contribution in [0, 0.1) is 6.92 Å². The van der Waals surface area contributed by atoms with Crippen molar-refractivity contribution in [3.8, 4) is 5.75 Å². The minimum Gasteiger partial charge on any atom is -0.491 e. The van der Waals surface area contributed by atoms with Gasteiger partial charge in [0.1, 0.15) is 18.5 Å². The zero-order chi connectivity index (χ0) is 17.2. The molecule has 0 amide bonds. The number of nitrogens with zero attached hydrogens (tertiary/aromatic N) is 1. The highest BCUT2D eigenvalue weighted by molar-refractivity contribution is 5.22. The predicted molar refractivity (Wildman–Crippen MR) is 96.3 cm³/mol. The molecule has 2 rings (SSSR count). The Kier molecular flexibility index (Phi) is 7.75. The summed E-state index contributed by atoms with van der Waals surface area (Å²) in [6.07, 6.45) is -0.549. The molecule has 130 valence electrons. The number of para-hydroxylation sites is 1. The van der Waals surface area contributed by atoms with Gasteiger partial charge in [0.2, 0.25) is 0 Å². The Hall–Kier alpha value is -1.88. The van der Waals surface area contributed by atoms with Gasteiger partial charge in [-0.3, -0.25) is 4.90 Å². The van der Waals surface area contributed by atoms with E-state index in [0.29, 0.717) is 13.2 Å². The van der Waals surface area contributed by atoms with Crippen molar-refractivity contribution < 1.29 is 14.6 Å². The van der Waals surface area contributed by atoms with Crippen LogP contribution >= 0.6 is 0 Å². The van der Waals surface area contributed by atoms with Crippen LogP contribution in [-0.4, -0.2) is 49.5 Å². The second-order valence-electron chi connectivity index (χ2n) is 5.99. The van der Waals surface area contributed by atoms with Crippen molar-refractivity contribution in [1.29, 1.82) is 0 Å². The molecule has 1 atom stereocenters. The number of aliphatic hydroxyl groups excluding tert-OH is 1. The van der Waals surface area contributed by atoms with E-state index in [1.54, 1.807) is 7.11 Å². The number of rotatable bonds is 10. The molecule has 2 aromatic rings. The molecule has 1 N–H and O–H groups in total. The zero-order valence-electron chi connectivity index (χ0n) is 14.5. The average molecular weight is 329 g/mol. The molecule has 24 heavy (non-hydrogen) atoms. The lowest BCUT2D eigenvalue weighted by atomic mass is 10.1. The van der Waals surface area contributed by atoms with Gasteiger partial charge < -0.3 is 14.6 Å². The highest BCUT2D eigenvalue weighted by Crippen LogP contribution is 2.11. The van der Waals surface area contributed by atoms with Crippen molar-refractivity contribution in [2.45, 2.75) is 19.6 Å². The minimum absolute atomic E-state index is 0.279. The summed E-state index contributed by atoms with van der Waals surface area (Å²) in [5.41, 5.74) is 2.48. The first kappa shape index (κ1) is 18.5. The smallest absolute Gasteiger partial charge is 0.119 e. The largest absolute Gasteiger partial charge is 0.491 e. The van der Waals surface area contributed by atoms with Gasteiger partial charge in [0.15, 0.2) is 0 Å². The molecular formula is C20H27NO3. The van der Waals surface area contributed by atoms with Gasteiger partial charge in [0.25, 0.3) is 0 Å². The number of aryl methyl sites for hydroxylation is 1. The van der Waals surface area contributed by atoms with E-state index >= 15 is 0 Å². The third-order valence-corrected chi connectivity index (χ3v) is 3.75. The second kappa shape index (κ2) is 10.1. The van der Waals surface area contributed by atoms with Crippen LogP contribution in [0.15, 0.2) is 54.6 Å². The summed E-state index contributed by atoms with van der Waals surface area (Å²) >= 11 is 0. The molecule has 0 saturated heterocycles. The van der Waals surface area contributed by atoms with E-state index in [-0.39, 0.29) is 6.61 Å². The SMILES string of the molecule is COCCN(Cc1cccc(C)c1)C[C@@H](O)COc1ccccc1. The van der Waals surface area contributed by atoms with E-state index < -0.39 is 6.10 Å². The van der Waals surface area contributed by atoms with Crippen LogP contribution in [0.4, 0.5) is 0 Å². The summed E-state index contributed by atoms with van der Waals surface area (Å²) < 4.78 is 10.8. The second-order valence-corrected chi connectivity index (χ2v) is 5.99. The van der Waals surface area contributed by atoms with Crippen LogP contribution in [-0.2, 0) is 11.3 Å². The van der Waals surface area contributed by atoms with Crippen LogP contribution in [0.5, 0.6) is 5.75 Å². The maximum absolute atomic E-state index is 10.3. The van der Waals surface area contributed by atoms with E-state index in [2.05, 4.69) is 36.1 Å². The van der Waals surface area contributed by atoms with E-state index in [1.165, 1.54) is 11.1 Å². The van der Waals surface area contributed by atoms with Gasteiger partial charge in [0, 0.05) is 26.7 Å². The van der Waals surface area contributed by atoms with E-state index in [4.69, 9.17) is 9.47 Å². The van der Waals surface area contributed by atoms with E-state index in [1.807, 2.05) is 30.3 Å². The van der Waals surface area contributed by atoms with Crippen molar-refractivity contribution in [3.63, 3.8) is 0 Å². The van der Waals surface area contributed by atoms with Crippen LogP contribution in [0.25, 0.3) is 0 Å². The van der Waals surface area contributed by atoms with E-state index in [9.17, 15) is 5.11 Å². The molecular weight excluding hydrogens is 302 g/mol. The fourth-order valence-electron chi connectivity index (χ4n) is 2.58. The number of methoxy groups -OCH3 is 1. The van der Waals surface area contributed by atoms with E-state index in [0.717, 1.165) is 18.8 Å². The molecule has 0 bridgehead atoms. The van der Waals surface area contributed by atoms with Crippen molar-refractivity contribution in [2.75, 3.05) is 33.4 Å². The summed E-state index contributed by atoms with van der Waals surface area (Å²) in [5.74, 6) is 0.777. The molecule has 0 spiro atoms. The fraction of sp³-hybridized carbons (Fsp3) is 0.400. The molecule has 0 aliphatic heterocycles. The van der Waals surface area contributed by atoms with Crippen LogP contribution < -0.4 is 4.74 Å². The summed E-state index contributed by atoms with van der Waals surface area (Å²) in [6, 6.07) is 18.0. The lowest BCUT2D eigenvalue weighted by molar-refractivity contribution is 0.0542. The number of benzene rings is 2. The monoisotopic (exact) mass is 329 g/mol. The van der Waals surface area contributed by atoms with Crippen molar-refractivity contribution >= 4 is 0 Å². The first-order valence-corrected chi connectivity index (χ1v) is 8.30. The van der Waals surface area contributed by atoms with Gasteiger partial charge >= 0.3 is 0 Å². The van der Waals surface area contributed by atoms with Gasteiger partial charge in [-0.1, -0.05) is 48.0 Å². The Morgan fingerprint density at radius 2 is 1.88 bits per heavy atom. The van der Waals surface area contributed by atoms with Gasteiger partial charge in [-0.25, -0.2) is 0 Å². The minimum atomic E-state index is -0.549. The standard InChI is InChI=1S/C20H27NO3/c1-17-7-6-8-18(13-17)14-21(11-12-23-2)15-19(22)16-24-20-9-4-3-5-10-20/h3-10,13,19,22H,11-12,14-16H2,1-2H3/t19-/m1/s1. The highest BCUT2D eigenvalue weighted by atomic mass is 16.5. The molecule has 0 radical (unpaired) electrons. The molecule has 4 nitrogen and oxygen atoms in total. The number of aliphatic hydroxyl groups is 1. The Bertz CT molecular complexity index is 588. The molecule has 0 unspecified atom stereocenters. The van der Waals surface area contributed by atoms with Crippen LogP contribution in [0.1, 0.15) is 11.1 Å². The zero-order valence-corrected chi connectivity index (χ0v) is 14.5. The number of hydrogen-bond donors (Lipinski definition) is 1. The molecule has 0 saturated carbocycles. The maximum Gasteiger partial charge on any atom is 0.119 e. The summed E-state index contributed by atoms with van der Waals surface area (Å²) in [5, 5.41) is 10.3. The lowest BCUT2D eigenvalue weighted by Crippen LogP contribution is -2.37. The average Bonchev–Trinajstić information content (AvgIpc) is 2.59. The van der Waals surface area contributed by atoms with Gasteiger partial charge in [-0.05, 0) is 24.6 Å². The molecule has 0 aliphatic rings. The molecule has 4 heteroatoms. The molecule has 0 fully saturated rings. The normalized spacial score (nSPS) is 12.3. The van der Waals surface area contributed by atoms with Crippen LogP contribution in [0.3, 0.4) is 0 Å². The summed E-state index contributed by atoms with van der Waals surface area (Å²) in [6.45, 7) is 5.11. The van der Waals surface area contributed by atoms with Crippen molar-refractivity contribution in [2.24, 2.45) is 0 Å². The fourth-order valence-corrected chi connectivity index (χ4v) is 2.58. The number of ether oxygens (including phenoxy) is 2. The van der Waals surface area contributed by atoms with Gasteiger partial charge in [-0.2, -0.15) is 0 Å². The van der Waals surface area contributed by atoms with Crippen molar-refractivity contribution in [1.82, 2.24) is 4.90 Å². The number of hydrogen-bond acceptors (Lipinski definition) is 4. The Labute approximate surface area is 144 Å². The maximum atomic E-state index is 10.3. The Morgan fingerprint density at radius 3 is 2.58 bits per heavy atom. The first-order chi connectivity index (χ1) is 11.7.